The van der Waals surface area contributed by atoms with Crippen LogP contribution in [0.15, 0.2) is 0 Å². The molecule has 4 atom stereocenters. The van der Waals surface area contributed by atoms with Gasteiger partial charge in [0.15, 0.2) is 0 Å². The Bertz CT molecular complexity index is 667. The molecule has 0 aromatic heterocycles. The molecule has 0 saturated heterocycles. The van der Waals surface area contributed by atoms with Gasteiger partial charge in [-0.15, -0.1) is 0 Å². The SMILES string of the molecule is CSCCC(NC(=O)C(CCC(N)=O)NC(=O)C(CCCCN)NC(=O)C(N)CO)C(=O)O. The third kappa shape index (κ3) is 13.0. The predicted molar refractivity (Wildman–Crippen MR) is 123 cm³/mol. The lowest BCUT2D eigenvalue weighted by atomic mass is 10.1. The maximum absolute atomic E-state index is 12.9. The van der Waals surface area contributed by atoms with E-state index in [2.05, 4.69) is 16.0 Å². The van der Waals surface area contributed by atoms with E-state index >= 15 is 0 Å². The molecule has 4 amide bonds. The molecule has 11 N–H and O–H groups in total. The highest BCUT2D eigenvalue weighted by atomic mass is 32.2. The van der Waals surface area contributed by atoms with E-state index in [0.717, 1.165) is 0 Å². The molecular formula is C19H36N6O7S. The zero-order valence-electron chi connectivity index (χ0n) is 18.7. The van der Waals surface area contributed by atoms with Gasteiger partial charge in [-0.05, 0) is 50.7 Å². The molecule has 0 aromatic carbocycles. The number of rotatable bonds is 18. The van der Waals surface area contributed by atoms with Gasteiger partial charge >= 0.3 is 5.97 Å². The number of primary amides is 1. The second-order valence-electron chi connectivity index (χ2n) is 7.38. The molecule has 0 spiro atoms. The summed E-state index contributed by atoms with van der Waals surface area (Å²) in [6.45, 7) is -0.256. The molecule has 0 aliphatic heterocycles. The predicted octanol–water partition coefficient (Wildman–Crippen LogP) is -3.01. The summed E-state index contributed by atoms with van der Waals surface area (Å²) in [4.78, 5) is 60.3. The fraction of sp³-hybridized carbons (Fsp3) is 0.737. The highest BCUT2D eigenvalue weighted by Crippen LogP contribution is 2.06. The molecule has 14 heteroatoms. The van der Waals surface area contributed by atoms with E-state index < -0.39 is 60.4 Å². The van der Waals surface area contributed by atoms with Crippen LogP contribution in [0.4, 0.5) is 0 Å². The van der Waals surface area contributed by atoms with E-state index in [1.807, 2.05) is 0 Å². The molecule has 0 aliphatic rings. The standard InChI is InChI=1S/C19H36N6O7S/c1-33-9-7-14(19(31)32)25-18(30)13(5-6-15(22)27)24-17(29)12(4-2-3-8-20)23-16(28)11(21)10-26/h11-14,26H,2-10,20-21H2,1H3,(H2,22,27)(H,23,28)(H,24,29)(H,25,30)(H,31,32). The second-order valence-corrected chi connectivity index (χ2v) is 8.37. The number of aliphatic carboxylic acids is 1. The van der Waals surface area contributed by atoms with Crippen LogP contribution in [0, 0.1) is 0 Å². The zero-order chi connectivity index (χ0) is 25.4. The molecular weight excluding hydrogens is 456 g/mol. The number of nitrogens with one attached hydrogen (secondary N) is 3. The number of nitrogens with two attached hydrogens (primary N) is 3. The van der Waals surface area contributed by atoms with Gasteiger partial charge in [0.2, 0.25) is 23.6 Å². The summed E-state index contributed by atoms with van der Waals surface area (Å²) in [7, 11) is 0. The fourth-order valence-corrected chi connectivity index (χ4v) is 3.19. The van der Waals surface area contributed by atoms with E-state index in [4.69, 9.17) is 22.3 Å². The van der Waals surface area contributed by atoms with Crippen molar-refractivity contribution in [3.63, 3.8) is 0 Å². The Morgan fingerprint density at radius 3 is 1.91 bits per heavy atom. The van der Waals surface area contributed by atoms with Crippen LogP contribution in [-0.2, 0) is 24.0 Å². The first-order chi connectivity index (χ1) is 15.6. The summed E-state index contributed by atoms with van der Waals surface area (Å²) in [5.74, 6) is -3.74. The van der Waals surface area contributed by atoms with Crippen LogP contribution in [0.25, 0.3) is 0 Å². The lowest BCUT2D eigenvalue weighted by Crippen LogP contribution is -2.57. The molecule has 0 fully saturated rings. The quantitative estimate of drug-likeness (QED) is 0.0901. The van der Waals surface area contributed by atoms with E-state index in [1.54, 1.807) is 6.26 Å². The van der Waals surface area contributed by atoms with Crippen LogP contribution < -0.4 is 33.2 Å². The number of unbranched alkanes of at least 4 members (excludes halogenated alkanes) is 1. The lowest BCUT2D eigenvalue weighted by Gasteiger charge is -2.25. The van der Waals surface area contributed by atoms with E-state index in [1.165, 1.54) is 11.8 Å². The third-order valence-electron chi connectivity index (χ3n) is 4.65. The van der Waals surface area contributed by atoms with Gasteiger partial charge in [-0.2, -0.15) is 11.8 Å². The molecule has 4 unspecified atom stereocenters. The number of carboxylic acids is 1. The fourth-order valence-electron chi connectivity index (χ4n) is 2.72. The first-order valence-electron chi connectivity index (χ1n) is 10.5. The highest BCUT2D eigenvalue weighted by molar-refractivity contribution is 7.98. The third-order valence-corrected chi connectivity index (χ3v) is 5.29. The van der Waals surface area contributed by atoms with Gasteiger partial charge in [-0.1, -0.05) is 0 Å². The molecule has 0 bridgehead atoms. The summed E-state index contributed by atoms with van der Waals surface area (Å²) in [6.07, 6.45) is 2.79. The Balaban J connectivity index is 5.47. The number of hydrogen-bond acceptors (Lipinski definition) is 9. The second kappa shape index (κ2) is 17.1. The smallest absolute Gasteiger partial charge is 0.326 e. The summed E-state index contributed by atoms with van der Waals surface area (Å²) in [5.41, 5.74) is 16.1. The first kappa shape index (κ1) is 30.6. The van der Waals surface area contributed by atoms with Crippen LogP contribution in [0.5, 0.6) is 0 Å². The highest BCUT2D eigenvalue weighted by Gasteiger charge is 2.30. The summed E-state index contributed by atoms with van der Waals surface area (Å²) >= 11 is 1.41. The van der Waals surface area contributed by atoms with Crippen molar-refractivity contribution in [2.24, 2.45) is 17.2 Å². The summed E-state index contributed by atoms with van der Waals surface area (Å²) in [6, 6.07) is -4.77. The number of carbonyl (C=O) groups excluding carboxylic acids is 4. The average Bonchev–Trinajstić information content (AvgIpc) is 2.77. The molecule has 0 rings (SSSR count). The lowest BCUT2D eigenvalue weighted by molar-refractivity contribution is -0.142. The largest absolute Gasteiger partial charge is 0.480 e. The van der Waals surface area contributed by atoms with Crippen molar-refractivity contribution in [1.82, 2.24) is 16.0 Å². The van der Waals surface area contributed by atoms with Crippen LogP contribution in [0.2, 0.25) is 0 Å². The normalized spacial score (nSPS) is 14.4. The maximum atomic E-state index is 12.9. The molecule has 33 heavy (non-hydrogen) atoms. The number of carbonyl (C=O) groups is 5. The average molecular weight is 493 g/mol. The van der Waals surface area contributed by atoms with E-state index in [0.29, 0.717) is 25.1 Å². The maximum Gasteiger partial charge on any atom is 0.326 e. The monoisotopic (exact) mass is 492 g/mol. The van der Waals surface area contributed by atoms with Crippen molar-refractivity contribution < 1.29 is 34.2 Å². The summed E-state index contributed by atoms with van der Waals surface area (Å²) < 4.78 is 0. The number of thioether (sulfide) groups is 1. The van der Waals surface area contributed by atoms with Gasteiger partial charge in [0.05, 0.1) is 6.61 Å². The Kier molecular flexibility index (Phi) is 15.9. The van der Waals surface area contributed by atoms with Crippen molar-refractivity contribution in [2.75, 3.05) is 25.2 Å². The first-order valence-corrected chi connectivity index (χ1v) is 11.9. The van der Waals surface area contributed by atoms with Crippen LogP contribution in [0.1, 0.15) is 38.5 Å². The molecule has 13 nitrogen and oxygen atoms in total. The van der Waals surface area contributed by atoms with E-state index in [-0.39, 0.29) is 25.7 Å². The summed E-state index contributed by atoms with van der Waals surface area (Å²) in [5, 5.41) is 25.6. The van der Waals surface area contributed by atoms with Crippen molar-refractivity contribution in [2.45, 2.75) is 62.7 Å². The molecule has 0 saturated carbocycles. The number of carboxylic acid groups (broad SMARTS) is 1. The van der Waals surface area contributed by atoms with Crippen LogP contribution >= 0.6 is 11.8 Å². The Morgan fingerprint density at radius 1 is 0.879 bits per heavy atom. The van der Waals surface area contributed by atoms with Gasteiger partial charge in [-0.3, -0.25) is 19.2 Å². The van der Waals surface area contributed by atoms with Gasteiger partial charge < -0.3 is 43.4 Å². The van der Waals surface area contributed by atoms with Gasteiger partial charge in [0.1, 0.15) is 24.2 Å². The Labute approximate surface area is 196 Å². The van der Waals surface area contributed by atoms with Crippen LogP contribution in [-0.4, -0.2) is 89.1 Å². The number of amides is 4. The number of hydrogen-bond donors (Lipinski definition) is 8. The zero-order valence-corrected chi connectivity index (χ0v) is 19.6. The Morgan fingerprint density at radius 2 is 1.42 bits per heavy atom. The van der Waals surface area contributed by atoms with Gasteiger partial charge in [0, 0.05) is 6.42 Å². The molecule has 0 radical (unpaired) electrons. The van der Waals surface area contributed by atoms with E-state index in [9.17, 15) is 29.1 Å². The number of aliphatic hydroxyl groups is 1. The minimum absolute atomic E-state index is 0.162. The van der Waals surface area contributed by atoms with Gasteiger partial charge in [0.25, 0.3) is 0 Å². The van der Waals surface area contributed by atoms with Crippen molar-refractivity contribution >= 4 is 41.4 Å². The molecule has 0 aromatic rings. The topological polar surface area (TPSA) is 240 Å². The molecule has 190 valence electrons. The minimum Gasteiger partial charge on any atom is -0.480 e. The van der Waals surface area contributed by atoms with Crippen molar-refractivity contribution in [3.8, 4) is 0 Å². The molecule has 0 heterocycles. The Hall–Kier alpha value is -2.42. The number of aliphatic hydroxyl groups excluding tert-OH is 1. The van der Waals surface area contributed by atoms with Crippen molar-refractivity contribution in [1.29, 1.82) is 0 Å². The molecule has 0 aliphatic carbocycles. The van der Waals surface area contributed by atoms with Crippen LogP contribution in [0.3, 0.4) is 0 Å². The minimum atomic E-state index is -1.26. The van der Waals surface area contributed by atoms with Gasteiger partial charge in [-0.25, -0.2) is 4.79 Å². The van der Waals surface area contributed by atoms with Crippen molar-refractivity contribution in [3.05, 3.63) is 0 Å².